The van der Waals surface area contributed by atoms with Crippen LogP contribution in [0.1, 0.15) is 21.5 Å². The van der Waals surface area contributed by atoms with Crippen molar-refractivity contribution in [3.05, 3.63) is 67.1 Å². The molecule has 0 bridgehead atoms. The molecule has 0 aliphatic rings. The number of hydrogen-bond acceptors (Lipinski definition) is 3. The fourth-order valence-corrected chi connectivity index (χ4v) is 2.62. The second-order valence-corrected chi connectivity index (χ2v) is 5.94. The van der Waals surface area contributed by atoms with Crippen LogP contribution in [0.15, 0.2) is 41.3 Å². The lowest BCUT2D eigenvalue weighted by atomic mass is 10.1. The lowest BCUT2D eigenvalue weighted by Crippen LogP contribution is -2.27. The number of carbonyl (C=O) groups is 1. The summed E-state index contributed by atoms with van der Waals surface area (Å²) in [6.45, 7) is 0.0534. The van der Waals surface area contributed by atoms with E-state index in [1.165, 1.54) is 36.1 Å². The molecule has 0 aliphatic heterocycles. The summed E-state index contributed by atoms with van der Waals surface area (Å²) < 4.78 is 44.1. The number of alkyl halides is 3. The second-order valence-electron chi connectivity index (χ2n) is 4.69. The molecule has 0 unspecified atom stereocenters. The minimum absolute atomic E-state index is 0.0534. The van der Waals surface area contributed by atoms with Crippen molar-refractivity contribution in [2.45, 2.75) is 12.7 Å². The van der Waals surface area contributed by atoms with Crippen molar-refractivity contribution < 1.29 is 22.7 Å². The quantitative estimate of drug-likeness (QED) is 0.547. The predicted molar refractivity (Wildman–Crippen MR) is 85.3 cm³/mol. The Morgan fingerprint density at radius 3 is 2.39 bits per heavy atom. The van der Waals surface area contributed by atoms with Crippen molar-refractivity contribution >= 4 is 28.6 Å². The van der Waals surface area contributed by atoms with Gasteiger partial charge < -0.3 is 9.30 Å². The van der Waals surface area contributed by atoms with Crippen LogP contribution in [0.5, 0.6) is 0 Å². The molecule has 0 saturated carbocycles. The molecule has 0 fully saturated rings. The number of halogens is 4. The minimum Gasteiger partial charge on any atom is -0.465 e. The number of hydrogen-bond donors (Lipinski definition) is 0. The first-order valence-corrected chi connectivity index (χ1v) is 7.44. The smallest absolute Gasteiger partial charge is 0.416 e. The molecule has 0 N–H and O–H groups in total. The van der Waals surface area contributed by atoms with Gasteiger partial charge in [-0.1, -0.05) is 12.1 Å². The van der Waals surface area contributed by atoms with Crippen LogP contribution in [-0.2, 0) is 17.5 Å². The molecule has 2 aromatic rings. The topological polar surface area (TPSA) is 48.3 Å². The van der Waals surface area contributed by atoms with Crippen LogP contribution in [-0.4, -0.2) is 17.6 Å². The Bertz CT molecular complexity index is 782. The van der Waals surface area contributed by atoms with Gasteiger partial charge in [0.05, 0.1) is 19.2 Å². The highest BCUT2D eigenvalue weighted by Crippen LogP contribution is 2.29. The summed E-state index contributed by atoms with van der Waals surface area (Å²) in [7, 11) is 1.17. The standard InChI is InChI=1S/C15H11F3INO3/c1-23-14(22)12-6-11(19)8-20(13(12)21)7-9-2-4-10(5-3-9)15(16,17)18/h2-6,8H,7H2,1H3. The fraction of sp³-hybridized carbons (Fsp3) is 0.200. The molecule has 0 radical (unpaired) electrons. The van der Waals surface area contributed by atoms with Crippen LogP contribution in [0.2, 0.25) is 0 Å². The number of methoxy groups -OCH3 is 1. The highest BCUT2D eigenvalue weighted by Gasteiger charge is 2.29. The molecular formula is C15H11F3INO3. The average Bonchev–Trinajstić information content (AvgIpc) is 2.49. The van der Waals surface area contributed by atoms with Gasteiger partial charge in [-0.15, -0.1) is 0 Å². The van der Waals surface area contributed by atoms with Crippen molar-refractivity contribution in [3.8, 4) is 0 Å². The molecule has 122 valence electrons. The third kappa shape index (κ3) is 4.12. The molecule has 8 heteroatoms. The van der Waals surface area contributed by atoms with Crippen LogP contribution in [0, 0.1) is 3.57 Å². The number of benzene rings is 1. The summed E-state index contributed by atoms with van der Waals surface area (Å²) in [5.41, 5.74) is -0.923. The Labute approximate surface area is 143 Å². The average molecular weight is 437 g/mol. The molecular weight excluding hydrogens is 426 g/mol. The van der Waals surface area contributed by atoms with E-state index in [1.807, 2.05) is 22.6 Å². The maximum atomic E-state index is 12.5. The Morgan fingerprint density at radius 1 is 1.26 bits per heavy atom. The Hall–Kier alpha value is -1.84. The van der Waals surface area contributed by atoms with Gasteiger partial charge in [-0.05, 0) is 46.4 Å². The molecule has 2 rings (SSSR count). The van der Waals surface area contributed by atoms with Gasteiger partial charge in [0.15, 0.2) is 0 Å². The van der Waals surface area contributed by atoms with Crippen molar-refractivity contribution in [1.82, 2.24) is 4.57 Å². The van der Waals surface area contributed by atoms with Crippen molar-refractivity contribution in [2.75, 3.05) is 7.11 Å². The minimum atomic E-state index is -4.41. The maximum Gasteiger partial charge on any atom is 0.416 e. The first kappa shape index (κ1) is 17.5. The van der Waals surface area contributed by atoms with Gasteiger partial charge >= 0.3 is 12.1 Å². The highest BCUT2D eigenvalue weighted by atomic mass is 127. The van der Waals surface area contributed by atoms with Crippen LogP contribution in [0.25, 0.3) is 0 Å². The number of rotatable bonds is 3. The predicted octanol–water partition coefficient (Wildman–Crippen LogP) is 3.31. The van der Waals surface area contributed by atoms with Gasteiger partial charge in [0.1, 0.15) is 5.56 Å². The number of nitrogens with zero attached hydrogens (tertiary/aromatic N) is 1. The van der Waals surface area contributed by atoms with E-state index in [-0.39, 0.29) is 12.1 Å². The van der Waals surface area contributed by atoms with Gasteiger partial charge in [0.25, 0.3) is 5.56 Å². The Kier molecular flexibility index (Phi) is 5.12. The number of aromatic nitrogens is 1. The lowest BCUT2D eigenvalue weighted by molar-refractivity contribution is -0.137. The third-order valence-electron chi connectivity index (χ3n) is 3.09. The monoisotopic (exact) mass is 437 g/mol. The second kappa shape index (κ2) is 6.73. The summed E-state index contributed by atoms with van der Waals surface area (Å²) in [4.78, 5) is 23.8. The van der Waals surface area contributed by atoms with Gasteiger partial charge in [0.2, 0.25) is 0 Å². The van der Waals surface area contributed by atoms with E-state index in [9.17, 15) is 22.8 Å². The molecule has 1 aromatic heterocycles. The Morgan fingerprint density at radius 2 is 1.87 bits per heavy atom. The molecule has 1 aromatic carbocycles. The molecule has 0 saturated heterocycles. The van der Waals surface area contributed by atoms with E-state index in [2.05, 4.69) is 4.74 Å². The van der Waals surface area contributed by atoms with E-state index in [0.717, 1.165) is 12.1 Å². The Balaban J connectivity index is 2.35. The van der Waals surface area contributed by atoms with E-state index in [1.54, 1.807) is 0 Å². The zero-order chi connectivity index (χ0) is 17.2. The van der Waals surface area contributed by atoms with Crippen molar-refractivity contribution in [2.24, 2.45) is 0 Å². The summed E-state index contributed by atoms with van der Waals surface area (Å²) in [6, 6.07) is 5.91. The maximum absolute atomic E-state index is 12.5. The third-order valence-corrected chi connectivity index (χ3v) is 3.68. The van der Waals surface area contributed by atoms with Crippen LogP contribution >= 0.6 is 22.6 Å². The number of ether oxygens (including phenoxy) is 1. The highest BCUT2D eigenvalue weighted by molar-refractivity contribution is 14.1. The molecule has 0 amide bonds. The molecule has 0 spiro atoms. The van der Waals surface area contributed by atoms with Crippen LogP contribution in [0.3, 0.4) is 0 Å². The van der Waals surface area contributed by atoms with Crippen LogP contribution in [0.4, 0.5) is 13.2 Å². The van der Waals surface area contributed by atoms with Gasteiger partial charge in [-0.3, -0.25) is 4.79 Å². The SMILES string of the molecule is COC(=O)c1cc(I)cn(Cc2ccc(C(F)(F)F)cc2)c1=O. The first-order chi connectivity index (χ1) is 10.7. The normalized spacial score (nSPS) is 11.3. The number of pyridine rings is 1. The zero-order valence-electron chi connectivity index (χ0n) is 11.9. The van der Waals surface area contributed by atoms with Gasteiger partial charge in [-0.2, -0.15) is 13.2 Å². The van der Waals surface area contributed by atoms with E-state index >= 15 is 0 Å². The largest absolute Gasteiger partial charge is 0.465 e. The van der Waals surface area contributed by atoms with Gasteiger partial charge in [0, 0.05) is 9.77 Å². The van der Waals surface area contributed by atoms with E-state index in [0.29, 0.717) is 9.13 Å². The number of esters is 1. The summed E-state index contributed by atoms with van der Waals surface area (Å²) in [5, 5.41) is 0. The van der Waals surface area contributed by atoms with Crippen molar-refractivity contribution in [1.29, 1.82) is 0 Å². The molecule has 4 nitrogen and oxygen atoms in total. The first-order valence-electron chi connectivity index (χ1n) is 6.37. The van der Waals surface area contributed by atoms with E-state index in [4.69, 9.17) is 0 Å². The lowest BCUT2D eigenvalue weighted by Gasteiger charge is -2.10. The van der Waals surface area contributed by atoms with Crippen LogP contribution < -0.4 is 5.56 Å². The molecule has 0 aliphatic carbocycles. The molecule has 23 heavy (non-hydrogen) atoms. The van der Waals surface area contributed by atoms with E-state index < -0.39 is 23.3 Å². The van der Waals surface area contributed by atoms with Crippen molar-refractivity contribution in [3.63, 3.8) is 0 Å². The molecule has 0 atom stereocenters. The summed E-state index contributed by atoms with van der Waals surface area (Å²) in [5.74, 6) is -0.755. The molecule has 1 heterocycles. The summed E-state index contributed by atoms with van der Waals surface area (Å²) in [6.07, 6.45) is -2.89. The summed E-state index contributed by atoms with van der Waals surface area (Å²) >= 11 is 1.94. The zero-order valence-corrected chi connectivity index (χ0v) is 14.0. The number of carbonyl (C=O) groups excluding carboxylic acids is 1. The van der Waals surface area contributed by atoms with Gasteiger partial charge in [-0.25, -0.2) is 4.79 Å². The fourth-order valence-electron chi connectivity index (χ4n) is 1.97.